The molecule has 0 atom stereocenters. The highest BCUT2D eigenvalue weighted by Gasteiger charge is 2.49. The van der Waals surface area contributed by atoms with E-state index in [1.165, 1.54) is 6.07 Å². The van der Waals surface area contributed by atoms with Gasteiger partial charge in [-0.05, 0) is 25.0 Å². The molecule has 2 heterocycles. The molecule has 11 heteroatoms. The number of pyridine rings is 1. The van der Waals surface area contributed by atoms with E-state index in [1.54, 1.807) is 13.8 Å². The third kappa shape index (κ3) is 4.70. The molecule has 1 aliphatic rings. The first-order valence-electron chi connectivity index (χ1n) is 8.81. The van der Waals surface area contributed by atoms with Gasteiger partial charge in [-0.2, -0.15) is 13.2 Å². The maximum atomic E-state index is 12.5. The predicted octanol–water partition coefficient (Wildman–Crippen LogP) is 1.74. The van der Waals surface area contributed by atoms with E-state index in [4.69, 9.17) is 0 Å². The zero-order chi connectivity index (χ0) is 20.9. The number of nitrogens with one attached hydrogen (secondary N) is 3. The van der Waals surface area contributed by atoms with Gasteiger partial charge in [0.05, 0.1) is 5.56 Å². The summed E-state index contributed by atoms with van der Waals surface area (Å²) in [5.41, 5.74) is -1.82. The summed E-state index contributed by atoms with van der Waals surface area (Å²) in [4.78, 5) is 40.9. The van der Waals surface area contributed by atoms with Crippen LogP contribution in [0.15, 0.2) is 18.3 Å². The maximum absolute atomic E-state index is 12.5. The second kappa shape index (κ2) is 8.44. The number of hydrogen-bond acceptors (Lipinski definition) is 5. The van der Waals surface area contributed by atoms with Crippen molar-refractivity contribution in [1.29, 1.82) is 0 Å². The van der Waals surface area contributed by atoms with E-state index in [-0.39, 0.29) is 18.9 Å². The van der Waals surface area contributed by atoms with Gasteiger partial charge in [0.2, 0.25) is 5.91 Å². The second-order valence-electron chi connectivity index (χ2n) is 6.32. The van der Waals surface area contributed by atoms with Gasteiger partial charge >= 0.3 is 12.2 Å². The first-order chi connectivity index (χ1) is 13.1. The molecule has 0 saturated carbocycles. The quantitative estimate of drug-likeness (QED) is 0.455. The fraction of sp³-hybridized carbons (Fsp3) is 0.529. The molecule has 1 aliphatic heterocycles. The van der Waals surface area contributed by atoms with Gasteiger partial charge in [-0.25, -0.2) is 9.78 Å². The maximum Gasteiger partial charge on any atom is 0.417 e. The average molecular weight is 401 g/mol. The van der Waals surface area contributed by atoms with E-state index in [1.807, 2.05) is 0 Å². The molecular weight excluding hydrogens is 379 g/mol. The van der Waals surface area contributed by atoms with Crippen LogP contribution in [0.1, 0.15) is 32.3 Å². The van der Waals surface area contributed by atoms with Crippen LogP contribution in [0.2, 0.25) is 0 Å². The minimum atomic E-state index is -4.45. The summed E-state index contributed by atoms with van der Waals surface area (Å²) in [5.74, 6) is -0.717. The Morgan fingerprint density at radius 3 is 2.39 bits per heavy atom. The van der Waals surface area contributed by atoms with Crippen molar-refractivity contribution in [3.63, 3.8) is 0 Å². The monoisotopic (exact) mass is 401 g/mol. The Hall–Kier alpha value is -2.85. The van der Waals surface area contributed by atoms with Crippen LogP contribution in [0, 0.1) is 0 Å². The molecule has 1 fully saturated rings. The van der Waals surface area contributed by atoms with Crippen LogP contribution in [0.3, 0.4) is 0 Å². The molecule has 1 aromatic heterocycles. The number of imide groups is 1. The van der Waals surface area contributed by atoms with Crippen LogP contribution >= 0.6 is 0 Å². The Kier molecular flexibility index (Phi) is 6.47. The van der Waals surface area contributed by atoms with E-state index >= 15 is 0 Å². The lowest BCUT2D eigenvalue weighted by atomic mass is 9.93. The normalized spacial score (nSPS) is 16.1. The third-order valence-corrected chi connectivity index (χ3v) is 4.60. The van der Waals surface area contributed by atoms with Crippen molar-refractivity contribution in [3.05, 3.63) is 23.9 Å². The van der Waals surface area contributed by atoms with Crippen molar-refractivity contribution in [2.24, 2.45) is 0 Å². The Morgan fingerprint density at radius 1 is 1.21 bits per heavy atom. The summed E-state index contributed by atoms with van der Waals surface area (Å²) in [5, 5.41) is 7.94. The summed E-state index contributed by atoms with van der Waals surface area (Å²) in [6.45, 7) is 3.51. The molecule has 154 valence electrons. The molecule has 2 rings (SSSR count). The number of carbonyl (C=O) groups is 3. The Bertz CT molecular complexity index is 733. The number of nitrogens with zero attached hydrogens (tertiary/aromatic N) is 2. The second-order valence-corrected chi connectivity index (χ2v) is 6.32. The third-order valence-electron chi connectivity index (χ3n) is 4.60. The van der Waals surface area contributed by atoms with Gasteiger partial charge in [-0.1, -0.05) is 13.8 Å². The highest BCUT2D eigenvalue weighted by Crippen LogP contribution is 2.28. The minimum Gasteiger partial charge on any atom is -0.368 e. The van der Waals surface area contributed by atoms with Gasteiger partial charge in [0.15, 0.2) is 0 Å². The molecule has 1 saturated heterocycles. The van der Waals surface area contributed by atoms with Crippen LogP contribution in [0.25, 0.3) is 0 Å². The number of carbonyl (C=O) groups excluding carboxylic acids is 3. The van der Waals surface area contributed by atoms with E-state index < -0.39 is 41.7 Å². The first-order valence-corrected chi connectivity index (χ1v) is 8.81. The van der Waals surface area contributed by atoms with Crippen LogP contribution in [-0.4, -0.2) is 52.9 Å². The molecule has 0 spiro atoms. The highest BCUT2D eigenvalue weighted by molar-refractivity contribution is 6.08. The lowest BCUT2D eigenvalue weighted by Crippen LogP contribution is -2.46. The van der Waals surface area contributed by atoms with Crippen LogP contribution in [0.5, 0.6) is 0 Å². The number of anilines is 1. The molecule has 4 amide bonds. The number of halogens is 3. The fourth-order valence-electron chi connectivity index (χ4n) is 2.81. The highest BCUT2D eigenvalue weighted by atomic mass is 19.4. The summed E-state index contributed by atoms with van der Waals surface area (Å²) in [6.07, 6.45) is -2.88. The zero-order valence-electron chi connectivity index (χ0n) is 15.5. The zero-order valence-corrected chi connectivity index (χ0v) is 15.5. The smallest absolute Gasteiger partial charge is 0.368 e. The number of urea groups is 1. The summed E-state index contributed by atoms with van der Waals surface area (Å²) in [6, 6.07) is 1.49. The molecule has 1 aromatic rings. The Balaban J connectivity index is 1.77. The number of aromatic nitrogens is 1. The van der Waals surface area contributed by atoms with E-state index in [0.717, 1.165) is 11.0 Å². The molecule has 28 heavy (non-hydrogen) atoms. The van der Waals surface area contributed by atoms with E-state index in [0.29, 0.717) is 19.0 Å². The standard InChI is InChI=1S/C17H22F3N5O3/c1-3-16(4-2)14(27)25(15(28)24-16)10-13(26)22-8-7-21-12-6-5-11(9-23-12)17(18,19)20/h5-6,9H,3-4,7-8,10H2,1-2H3,(H,21,23)(H,22,26)(H,24,28). The van der Waals surface area contributed by atoms with Crippen LogP contribution < -0.4 is 16.0 Å². The summed E-state index contributed by atoms with van der Waals surface area (Å²) < 4.78 is 37.4. The van der Waals surface area contributed by atoms with Gasteiger partial charge in [0, 0.05) is 19.3 Å². The van der Waals surface area contributed by atoms with E-state index in [2.05, 4.69) is 20.9 Å². The number of hydrogen-bond donors (Lipinski definition) is 3. The Morgan fingerprint density at radius 2 is 1.89 bits per heavy atom. The molecule has 0 bridgehead atoms. The van der Waals surface area contributed by atoms with Gasteiger partial charge in [-0.15, -0.1) is 0 Å². The molecule has 0 unspecified atom stereocenters. The largest absolute Gasteiger partial charge is 0.417 e. The predicted molar refractivity (Wildman–Crippen MR) is 94.3 cm³/mol. The lowest BCUT2D eigenvalue weighted by Gasteiger charge is -2.23. The molecule has 8 nitrogen and oxygen atoms in total. The topological polar surface area (TPSA) is 103 Å². The van der Waals surface area contributed by atoms with Crippen molar-refractivity contribution in [3.8, 4) is 0 Å². The van der Waals surface area contributed by atoms with Gasteiger partial charge in [0.25, 0.3) is 5.91 Å². The fourth-order valence-corrected chi connectivity index (χ4v) is 2.81. The molecule has 0 aromatic carbocycles. The van der Waals surface area contributed by atoms with Crippen molar-refractivity contribution in [2.45, 2.75) is 38.4 Å². The first kappa shape index (κ1) is 21.5. The molecule has 3 N–H and O–H groups in total. The number of rotatable bonds is 8. The summed E-state index contributed by atoms with van der Waals surface area (Å²) >= 11 is 0. The summed E-state index contributed by atoms with van der Waals surface area (Å²) in [7, 11) is 0. The molecule has 0 aliphatic carbocycles. The minimum absolute atomic E-state index is 0.137. The average Bonchev–Trinajstić information content (AvgIpc) is 2.89. The van der Waals surface area contributed by atoms with Gasteiger partial charge in [-0.3, -0.25) is 14.5 Å². The van der Waals surface area contributed by atoms with Crippen molar-refractivity contribution in [2.75, 3.05) is 25.0 Å². The SMILES string of the molecule is CCC1(CC)NC(=O)N(CC(=O)NCCNc2ccc(C(F)(F)F)cn2)C1=O. The van der Waals surface area contributed by atoms with Crippen LogP contribution in [-0.2, 0) is 15.8 Å². The Labute approximate surface area is 159 Å². The van der Waals surface area contributed by atoms with Crippen molar-refractivity contribution >= 4 is 23.7 Å². The number of alkyl halides is 3. The van der Waals surface area contributed by atoms with E-state index in [9.17, 15) is 27.6 Å². The van der Waals surface area contributed by atoms with Crippen LogP contribution in [0.4, 0.5) is 23.8 Å². The number of amides is 4. The van der Waals surface area contributed by atoms with Crippen molar-refractivity contribution in [1.82, 2.24) is 20.5 Å². The van der Waals surface area contributed by atoms with Gasteiger partial charge in [0.1, 0.15) is 17.9 Å². The molecule has 0 radical (unpaired) electrons. The van der Waals surface area contributed by atoms with Crippen molar-refractivity contribution < 1.29 is 27.6 Å². The lowest BCUT2D eigenvalue weighted by molar-refractivity contribution is -0.137. The van der Waals surface area contributed by atoms with Gasteiger partial charge < -0.3 is 16.0 Å². The molecular formula is C17H22F3N5O3.